The molecule has 2 rings (SSSR count). The van der Waals surface area contributed by atoms with E-state index < -0.39 is 10.0 Å². The predicted octanol–water partition coefficient (Wildman–Crippen LogP) is 1.33. The minimum absolute atomic E-state index is 0.270. The lowest BCUT2D eigenvalue weighted by Gasteiger charge is -2.12. The average Bonchev–Trinajstić information content (AvgIpc) is 2.83. The van der Waals surface area contributed by atoms with E-state index in [1.807, 2.05) is 19.9 Å². The zero-order chi connectivity index (χ0) is 13.2. The molecule has 5 heteroatoms. The number of nitrogens with one attached hydrogen (secondary N) is 2. The lowest BCUT2D eigenvalue weighted by Crippen LogP contribution is -2.37. The SMILES string of the molecule is Cc1ccc(S(=O)(=O)NC[C@@H]2CCCN2)cc1C. The van der Waals surface area contributed by atoms with Crippen LogP contribution in [0.15, 0.2) is 23.1 Å². The highest BCUT2D eigenvalue weighted by atomic mass is 32.2. The van der Waals surface area contributed by atoms with Crippen molar-refractivity contribution in [2.45, 2.75) is 37.6 Å². The van der Waals surface area contributed by atoms with Gasteiger partial charge >= 0.3 is 0 Å². The van der Waals surface area contributed by atoms with Gasteiger partial charge in [0, 0.05) is 12.6 Å². The van der Waals surface area contributed by atoms with Crippen molar-refractivity contribution in [2.24, 2.45) is 0 Å². The molecule has 100 valence electrons. The molecule has 1 heterocycles. The summed E-state index contributed by atoms with van der Waals surface area (Å²) in [6.07, 6.45) is 2.16. The van der Waals surface area contributed by atoms with Crippen molar-refractivity contribution >= 4 is 10.0 Å². The molecule has 0 aliphatic carbocycles. The van der Waals surface area contributed by atoms with Gasteiger partial charge in [0.25, 0.3) is 0 Å². The van der Waals surface area contributed by atoms with Crippen molar-refractivity contribution in [2.75, 3.05) is 13.1 Å². The van der Waals surface area contributed by atoms with Crippen LogP contribution >= 0.6 is 0 Å². The Hall–Kier alpha value is -0.910. The first-order valence-electron chi connectivity index (χ1n) is 6.29. The molecule has 1 aliphatic heterocycles. The molecule has 1 aliphatic rings. The summed E-state index contributed by atoms with van der Waals surface area (Å²) in [6.45, 7) is 5.35. The molecule has 1 atom stereocenters. The standard InChI is InChI=1S/C13H20N2O2S/c1-10-5-6-13(8-11(10)2)18(16,17)15-9-12-4-3-7-14-12/h5-6,8,12,14-15H,3-4,7,9H2,1-2H3/t12-/m0/s1. The summed E-state index contributed by atoms with van der Waals surface area (Å²) in [5.74, 6) is 0. The monoisotopic (exact) mass is 268 g/mol. The van der Waals surface area contributed by atoms with Gasteiger partial charge in [-0.1, -0.05) is 6.07 Å². The van der Waals surface area contributed by atoms with E-state index in [-0.39, 0.29) is 6.04 Å². The smallest absolute Gasteiger partial charge is 0.240 e. The van der Waals surface area contributed by atoms with Crippen molar-refractivity contribution in [1.29, 1.82) is 0 Å². The molecule has 4 nitrogen and oxygen atoms in total. The van der Waals surface area contributed by atoms with Crippen LogP contribution in [0.5, 0.6) is 0 Å². The normalized spacial score (nSPS) is 20.2. The molecule has 1 aromatic rings. The second-order valence-corrected chi connectivity index (χ2v) is 6.66. The second kappa shape index (κ2) is 5.38. The van der Waals surface area contributed by atoms with Crippen LogP contribution in [-0.2, 0) is 10.0 Å². The van der Waals surface area contributed by atoms with Crippen molar-refractivity contribution < 1.29 is 8.42 Å². The predicted molar refractivity (Wildman–Crippen MR) is 72.1 cm³/mol. The lowest BCUT2D eigenvalue weighted by molar-refractivity contribution is 0.551. The Morgan fingerprint density at radius 3 is 2.72 bits per heavy atom. The fourth-order valence-corrected chi connectivity index (χ4v) is 3.27. The van der Waals surface area contributed by atoms with Gasteiger partial charge in [0.05, 0.1) is 4.90 Å². The third-order valence-corrected chi connectivity index (χ3v) is 4.89. The summed E-state index contributed by atoms with van der Waals surface area (Å²) in [7, 11) is -3.38. The van der Waals surface area contributed by atoms with Crippen LogP contribution in [0.2, 0.25) is 0 Å². The minimum atomic E-state index is -3.38. The Bertz CT molecular complexity index is 520. The van der Waals surface area contributed by atoms with Gasteiger partial charge in [0.1, 0.15) is 0 Å². The Balaban J connectivity index is 2.07. The summed E-state index contributed by atoms with van der Waals surface area (Å²) < 4.78 is 26.9. The Morgan fingerprint density at radius 2 is 2.11 bits per heavy atom. The molecular weight excluding hydrogens is 248 g/mol. The highest BCUT2D eigenvalue weighted by molar-refractivity contribution is 7.89. The van der Waals surface area contributed by atoms with Crippen molar-refractivity contribution in [3.8, 4) is 0 Å². The molecule has 18 heavy (non-hydrogen) atoms. The van der Waals surface area contributed by atoms with Crippen molar-refractivity contribution in [3.05, 3.63) is 29.3 Å². The van der Waals surface area contributed by atoms with E-state index in [2.05, 4.69) is 10.0 Å². The van der Waals surface area contributed by atoms with Crippen LogP contribution in [0.1, 0.15) is 24.0 Å². The number of aryl methyl sites for hydroxylation is 2. The average molecular weight is 268 g/mol. The van der Waals surface area contributed by atoms with E-state index in [0.717, 1.165) is 30.5 Å². The molecular formula is C13H20N2O2S. The number of benzene rings is 1. The van der Waals surface area contributed by atoms with Crippen LogP contribution in [0, 0.1) is 13.8 Å². The Kier molecular flexibility index (Phi) is 4.04. The molecule has 0 aromatic heterocycles. The first kappa shape index (κ1) is 13.5. The number of rotatable bonds is 4. The molecule has 0 amide bonds. The van der Waals surface area contributed by atoms with E-state index in [1.54, 1.807) is 12.1 Å². The van der Waals surface area contributed by atoms with Crippen molar-refractivity contribution in [1.82, 2.24) is 10.0 Å². The molecule has 1 fully saturated rings. The van der Waals surface area contributed by atoms with Gasteiger partial charge in [-0.05, 0) is 56.5 Å². The largest absolute Gasteiger partial charge is 0.313 e. The summed E-state index contributed by atoms with van der Waals surface area (Å²) in [4.78, 5) is 0.351. The van der Waals surface area contributed by atoms with Crippen molar-refractivity contribution in [3.63, 3.8) is 0 Å². The minimum Gasteiger partial charge on any atom is -0.313 e. The quantitative estimate of drug-likeness (QED) is 0.866. The maximum absolute atomic E-state index is 12.1. The van der Waals surface area contributed by atoms with E-state index >= 15 is 0 Å². The number of hydrogen-bond acceptors (Lipinski definition) is 3. The summed E-state index contributed by atoms with van der Waals surface area (Å²) >= 11 is 0. The van der Waals surface area contributed by atoms with E-state index in [9.17, 15) is 8.42 Å². The molecule has 0 saturated carbocycles. The van der Waals surface area contributed by atoms with Gasteiger partial charge in [-0.25, -0.2) is 13.1 Å². The van der Waals surface area contributed by atoms with Crippen LogP contribution in [0.4, 0.5) is 0 Å². The van der Waals surface area contributed by atoms with E-state index in [0.29, 0.717) is 11.4 Å². The van der Waals surface area contributed by atoms with Crippen LogP contribution in [0.3, 0.4) is 0 Å². The van der Waals surface area contributed by atoms with Gasteiger partial charge < -0.3 is 5.32 Å². The Labute approximate surface area is 109 Å². The van der Waals surface area contributed by atoms with Gasteiger partial charge in [0.2, 0.25) is 10.0 Å². The van der Waals surface area contributed by atoms with Gasteiger partial charge in [0.15, 0.2) is 0 Å². The van der Waals surface area contributed by atoms with Gasteiger partial charge in [-0.2, -0.15) is 0 Å². The fourth-order valence-electron chi connectivity index (χ4n) is 2.11. The second-order valence-electron chi connectivity index (χ2n) is 4.89. The molecule has 2 N–H and O–H groups in total. The highest BCUT2D eigenvalue weighted by Crippen LogP contribution is 2.15. The highest BCUT2D eigenvalue weighted by Gasteiger charge is 2.19. The summed E-state index contributed by atoms with van der Waals surface area (Å²) in [6, 6.07) is 5.50. The van der Waals surface area contributed by atoms with Crippen LogP contribution < -0.4 is 10.0 Å². The van der Waals surface area contributed by atoms with Gasteiger partial charge in [-0.3, -0.25) is 0 Å². The number of sulfonamides is 1. The first-order valence-corrected chi connectivity index (χ1v) is 7.78. The fraction of sp³-hybridized carbons (Fsp3) is 0.538. The molecule has 0 bridgehead atoms. The lowest BCUT2D eigenvalue weighted by atomic mass is 10.1. The molecule has 1 saturated heterocycles. The zero-order valence-electron chi connectivity index (χ0n) is 10.9. The summed E-state index contributed by atoms with van der Waals surface area (Å²) in [5, 5.41) is 3.27. The zero-order valence-corrected chi connectivity index (χ0v) is 11.7. The van der Waals surface area contributed by atoms with E-state index in [4.69, 9.17) is 0 Å². The van der Waals surface area contributed by atoms with Crippen LogP contribution in [0.25, 0.3) is 0 Å². The molecule has 0 unspecified atom stereocenters. The topological polar surface area (TPSA) is 58.2 Å². The molecule has 0 radical (unpaired) electrons. The summed E-state index contributed by atoms with van der Waals surface area (Å²) in [5.41, 5.74) is 2.10. The first-order chi connectivity index (χ1) is 8.49. The number of hydrogen-bond donors (Lipinski definition) is 2. The van der Waals surface area contributed by atoms with Crippen LogP contribution in [-0.4, -0.2) is 27.5 Å². The molecule has 1 aromatic carbocycles. The van der Waals surface area contributed by atoms with Gasteiger partial charge in [-0.15, -0.1) is 0 Å². The van der Waals surface area contributed by atoms with E-state index in [1.165, 1.54) is 0 Å². The maximum atomic E-state index is 12.1. The Morgan fingerprint density at radius 1 is 1.33 bits per heavy atom. The maximum Gasteiger partial charge on any atom is 0.240 e. The third kappa shape index (κ3) is 3.10. The third-order valence-electron chi connectivity index (χ3n) is 3.47. The molecule has 0 spiro atoms.